The summed E-state index contributed by atoms with van der Waals surface area (Å²) < 4.78 is 1.49. The van der Waals surface area contributed by atoms with Crippen LogP contribution in [-0.2, 0) is 17.8 Å². The molecule has 0 spiro atoms. The number of carbonyl (C=O) groups is 1. The zero-order valence-electron chi connectivity index (χ0n) is 14.6. The number of aryl methyl sites for hydroxylation is 1. The summed E-state index contributed by atoms with van der Waals surface area (Å²) in [5, 5.41) is 13.2. The van der Waals surface area contributed by atoms with Gasteiger partial charge in [-0.1, -0.05) is 24.3 Å². The number of anilines is 1. The number of hydrogen-bond acceptors (Lipinski definition) is 5. The maximum absolute atomic E-state index is 12.6. The normalized spacial score (nSPS) is 15.3. The molecular formula is C18H22N6O2. The largest absolute Gasteiger partial charge is 0.384 e. The number of amidine groups is 1. The zero-order valence-corrected chi connectivity index (χ0v) is 14.6. The van der Waals surface area contributed by atoms with Gasteiger partial charge < -0.3 is 16.4 Å². The molecule has 0 saturated heterocycles. The Kier molecular flexibility index (Phi) is 5.01. The van der Waals surface area contributed by atoms with Crippen molar-refractivity contribution in [2.75, 3.05) is 11.9 Å². The highest BCUT2D eigenvalue weighted by Gasteiger charge is 2.30. The first kappa shape index (κ1) is 17.7. The van der Waals surface area contributed by atoms with Gasteiger partial charge in [-0.25, -0.2) is 4.98 Å². The van der Waals surface area contributed by atoms with Gasteiger partial charge in [-0.05, 0) is 18.9 Å². The Morgan fingerprint density at radius 2 is 2.12 bits per heavy atom. The number of nitrogens with two attached hydrogens (primary N) is 1. The molecule has 1 atom stereocenters. The van der Waals surface area contributed by atoms with E-state index in [4.69, 9.17) is 11.1 Å². The molecule has 5 N–H and O–H groups in total. The minimum Gasteiger partial charge on any atom is -0.384 e. The summed E-state index contributed by atoms with van der Waals surface area (Å²) in [4.78, 5) is 29.5. The molecule has 0 aliphatic carbocycles. The van der Waals surface area contributed by atoms with Crippen LogP contribution in [-0.4, -0.2) is 27.8 Å². The Morgan fingerprint density at radius 1 is 1.38 bits per heavy atom. The molecule has 0 fully saturated rings. The van der Waals surface area contributed by atoms with E-state index < -0.39 is 6.04 Å². The molecule has 0 saturated carbocycles. The van der Waals surface area contributed by atoms with Crippen molar-refractivity contribution in [3.63, 3.8) is 0 Å². The topological polar surface area (TPSA) is 126 Å². The third-order valence-corrected chi connectivity index (χ3v) is 4.42. The smallest absolute Gasteiger partial charge is 0.277 e. The van der Waals surface area contributed by atoms with Crippen LogP contribution in [0.25, 0.3) is 0 Å². The van der Waals surface area contributed by atoms with Gasteiger partial charge in [-0.15, -0.1) is 0 Å². The molecule has 0 bridgehead atoms. The third kappa shape index (κ3) is 3.44. The van der Waals surface area contributed by atoms with Gasteiger partial charge in [0.05, 0.1) is 6.20 Å². The molecule has 0 unspecified atom stereocenters. The molecule has 1 aromatic heterocycles. The van der Waals surface area contributed by atoms with Gasteiger partial charge >= 0.3 is 0 Å². The molecule has 136 valence electrons. The molecule has 2 aromatic rings. The van der Waals surface area contributed by atoms with Crippen molar-refractivity contribution in [1.29, 1.82) is 5.41 Å². The first-order valence-corrected chi connectivity index (χ1v) is 8.56. The standard InChI is InChI=1S/C18H22N6O2/c1-2-21-13-10-22-15-8-7-14(24(15)18(13)26)17(25)23-9-11-3-5-12(6-4-11)16(19)20/h3-6,10,14,21H,2,7-9H2,1H3,(H3,19,20)(H,23,25)/t14-/m0/s1. The number of benzene rings is 1. The van der Waals surface area contributed by atoms with E-state index in [2.05, 4.69) is 15.6 Å². The van der Waals surface area contributed by atoms with Crippen molar-refractivity contribution in [2.24, 2.45) is 5.73 Å². The van der Waals surface area contributed by atoms with Crippen molar-refractivity contribution < 1.29 is 4.79 Å². The molecule has 26 heavy (non-hydrogen) atoms. The Labute approximate surface area is 150 Å². The lowest BCUT2D eigenvalue weighted by Gasteiger charge is -2.15. The number of amides is 1. The number of nitrogens with zero attached hydrogens (tertiary/aromatic N) is 2. The lowest BCUT2D eigenvalue weighted by atomic mass is 10.1. The highest BCUT2D eigenvalue weighted by Crippen LogP contribution is 2.23. The van der Waals surface area contributed by atoms with Crippen LogP contribution in [0.15, 0.2) is 35.3 Å². The molecule has 1 aliphatic rings. The summed E-state index contributed by atoms with van der Waals surface area (Å²) in [7, 11) is 0. The van der Waals surface area contributed by atoms with E-state index in [1.54, 1.807) is 12.1 Å². The Morgan fingerprint density at radius 3 is 2.77 bits per heavy atom. The third-order valence-electron chi connectivity index (χ3n) is 4.42. The summed E-state index contributed by atoms with van der Waals surface area (Å²) in [6.45, 7) is 2.86. The first-order valence-electron chi connectivity index (χ1n) is 8.56. The summed E-state index contributed by atoms with van der Waals surface area (Å²) in [6, 6.07) is 6.57. The van der Waals surface area contributed by atoms with Gasteiger partial charge in [0, 0.05) is 25.1 Å². The van der Waals surface area contributed by atoms with Crippen LogP contribution < -0.4 is 21.9 Å². The van der Waals surface area contributed by atoms with Crippen molar-refractivity contribution in [3.8, 4) is 0 Å². The van der Waals surface area contributed by atoms with Crippen molar-refractivity contribution >= 4 is 17.4 Å². The average Bonchev–Trinajstić information content (AvgIpc) is 3.07. The van der Waals surface area contributed by atoms with E-state index >= 15 is 0 Å². The van der Waals surface area contributed by atoms with E-state index in [1.165, 1.54) is 10.8 Å². The fraction of sp³-hybridized carbons (Fsp3) is 0.333. The van der Waals surface area contributed by atoms with E-state index in [0.717, 1.165) is 5.56 Å². The molecule has 1 aliphatic heterocycles. The number of fused-ring (bicyclic) bond motifs is 1. The molecule has 2 heterocycles. The highest BCUT2D eigenvalue weighted by atomic mass is 16.2. The maximum atomic E-state index is 12.6. The number of hydrogen-bond donors (Lipinski definition) is 4. The van der Waals surface area contributed by atoms with Crippen LogP contribution in [0.5, 0.6) is 0 Å². The number of carbonyl (C=O) groups excluding carboxylic acids is 1. The van der Waals surface area contributed by atoms with E-state index in [-0.39, 0.29) is 17.3 Å². The minimum atomic E-state index is -0.542. The summed E-state index contributed by atoms with van der Waals surface area (Å²) >= 11 is 0. The van der Waals surface area contributed by atoms with Gasteiger partial charge in [-0.3, -0.25) is 19.6 Å². The van der Waals surface area contributed by atoms with Crippen LogP contribution in [0.4, 0.5) is 5.69 Å². The van der Waals surface area contributed by atoms with Crippen molar-refractivity contribution in [3.05, 3.63) is 57.8 Å². The van der Waals surface area contributed by atoms with E-state index in [0.29, 0.717) is 43.0 Å². The average molecular weight is 354 g/mol. The van der Waals surface area contributed by atoms with Gasteiger partial charge in [0.25, 0.3) is 5.56 Å². The van der Waals surface area contributed by atoms with Gasteiger partial charge in [0.15, 0.2) is 0 Å². The van der Waals surface area contributed by atoms with E-state index in [9.17, 15) is 9.59 Å². The lowest BCUT2D eigenvalue weighted by Crippen LogP contribution is -2.36. The fourth-order valence-corrected chi connectivity index (χ4v) is 3.07. The second kappa shape index (κ2) is 7.38. The lowest BCUT2D eigenvalue weighted by molar-refractivity contribution is -0.124. The number of rotatable bonds is 6. The molecule has 1 amide bonds. The van der Waals surface area contributed by atoms with E-state index in [1.807, 2.05) is 19.1 Å². The molecular weight excluding hydrogens is 332 g/mol. The van der Waals surface area contributed by atoms with Crippen LogP contribution >= 0.6 is 0 Å². The Balaban J connectivity index is 1.71. The molecule has 8 heteroatoms. The second-order valence-corrected chi connectivity index (χ2v) is 6.18. The van der Waals surface area contributed by atoms with Crippen molar-refractivity contribution in [1.82, 2.24) is 14.9 Å². The summed E-state index contributed by atoms with van der Waals surface area (Å²) in [5.74, 6) is 0.450. The predicted molar refractivity (Wildman–Crippen MR) is 99.3 cm³/mol. The first-order chi connectivity index (χ1) is 12.5. The van der Waals surface area contributed by atoms with Gasteiger partial charge in [-0.2, -0.15) is 0 Å². The Hall–Kier alpha value is -3.16. The molecule has 0 radical (unpaired) electrons. The predicted octanol–water partition coefficient (Wildman–Crippen LogP) is 0.763. The molecule has 1 aromatic carbocycles. The molecule has 8 nitrogen and oxygen atoms in total. The number of nitrogens with one attached hydrogen (secondary N) is 3. The quantitative estimate of drug-likeness (QED) is 0.450. The highest BCUT2D eigenvalue weighted by molar-refractivity contribution is 5.94. The molecule has 3 rings (SSSR count). The fourth-order valence-electron chi connectivity index (χ4n) is 3.07. The van der Waals surface area contributed by atoms with Gasteiger partial charge in [0.1, 0.15) is 23.4 Å². The van der Waals surface area contributed by atoms with Crippen LogP contribution in [0.3, 0.4) is 0 Å². The van der Waals surface area contributed by atoms with Gasteiger partial charge in [0.2, 0.25) is 5.91 Å². The number of nitrogen functional groups attached to an aromatic ring is 1. The second-order valence-electron chi connectivity index (χ2n) is 6.18. The summed E-state index contributed by atoms with van der Waals surface area (Å²) in [6.07, 6.45) is 2.70. The van der Waals surface area contributed by atoms with Crippen LogP contribution in [0.1, 0.15) is 36.3 Å². The SMILES string of the molecule is CCNc1cnc2n(c1=O)[C@H](C(=O)NCc1ccc(C(=N)N)cc1)CC2. The van der Waals surface area contributed by atoms with Crippen molar-refractivity contribution in [2.45, 2.75) is 32.4 Å². The summed E-state index contributed by atoms with van der Waals surface area (Å²) in [5.41, 5.74) is 7.17. The zero-order chi connectivity index (χ0) is 18.7. The maximum Gasteiger partial charge on any atom is 0.277 e. The minimum absolute atomic E-state index is 0.00603. The number of aromatic nitrogens is 2. The van der Waals surface area contributed by atoms with Crippen LogP contribution in [0, 0.1) is 5.41 Å². The monoisotopic (exact) mass is 354 g/mol. The Bertz CT molecular complexity index is 888. The van der Waals surface area contributed by atoms with Crippen LogP contribution in [0.2, 0.25) is 0 Å².